The molecule has 4 heterocycles. The molecule has 2 aromatic rings. The highest BCUT2D eigenvalue weighted by molar-refractivity contribution is 5.67. The van der Waals surface area contributed by atoms with E-state index in [1.165, 1.54) is 67.7 Å². The van der Waals surface area contributed by atoms with Crippen molar-refractivity contribution in [3.63, 3.8) is 0 Å². The number of anilines is 1. The van der Waals surface area contributed by atoms with E-state index in [-0.39, 0.29) is 0 Å². The predicted octanol–water partition coefficient (Wildman–Crippen LogP) is 4.12. The molecule has 1 aromatic carbocycles. The quantitative estimate of drug-likeness (QED) is 0.829. The van der Waals surface area contributed by atoms with Gasteiger partial charge in [0.2, 0.25) is 0 Å². The zero-order chi connectivity index (χ0) is 16.4. The highest BCUT2D eigenvalue weighted by Crippen LogP contribution is 2.29. The monoisotopic (exact) mass is 321 g/mol. The lowest BCUT2D eigenvalue weighted by atomic mass is 9.98. The molecule has 3 aliphatic heterocycles. The van der Waals surface area contributed by atoms with Gasteiger partial charge in [-0.05, 0) is 57.3 Å². The summed E-state index contributed by atoms with van der Waals surface area (Å²) in [4.78, 5) is 9.82. The van der Waals surface area contributed by atoms with Gasteiger partial charge >= 0.3 is 0 Å². The van der Waals surface area contributed by atoms with Crippen molar-refractivity contribution in [2.24, 2.45) is 0 Å². The second kappa shape index (κ2) is 6.94. The minimum Gasteiger partial charge on any atom is -0.366 e. The fourth-order valence-electron chi connectivity index (χ4n) is 4.15. The summed E-state index contributed by atoms with van der Waals surface area (Å²) in [6.45, 7) is 7.01. The van der Waals surface area contributed by atoms with Crippen LogP contribution in [0.2, 0.25) is 0 Å². The molecule has 24 heavy (non-hydrogen) atoms. The van der Waals surface area contributed by atoms with E-state index in [4.69, 9.17) is 0 Å². The maximum Gasteiger partial charge on any atom is 0.0561 e. The Morgan fingerprint density at radius 1 is 0.875 bits per heavy atom. The fraction of sp³-hybridized carbons (Fsp3) is 0.476. The Kier molecular flexibility index (Phi) is 4.52. The molecule has 0 amide bonds. The highest BCUT2D eigenvalue weighted by Gasteiger charge is 2.25. The van der Waals surface area contributed by atoms with E-state index in [2.05, 4.69) is 58.2 Å². The van der Waals surface area contributed by atoms with Crippen LogP contribution in [0.15, 0.2) is 42.7 Å². The van der Waals surface area contributed by atoms with Crippen LogP contribution in [0.4, 0.5) is 5.69 Å². The molecule has 0 spiro atoms. The van der Waals surface area contributed by atoms with E-state index >= 15 is 0 Å². The standard InChI is InChI=1S/C21H27N3/c1-17-6-8-18(9-7-17)19-14-21(16-22-15-19)24-13-12-23-10-2-4-20(24)5-3-11-23/h6-9,14-16,20H,2-5,10-13H2,1H3. The number of rotatable bonds is 2. The normalized spacial score (nSPS) is 24.3. The Hall–Kier alpha value is -1.87. The van der Waals surface area contributed by atoms with Crippen molar-refractivity contribution in [2.45, 2.75) is 38.6 Å². The number of fused-ring (bicyclic) bond motifs is 6. The van der Waals surface area contributed by atoms with Gasteiger partial charge < -0.3 is 9.80 Å². The first kappa shape index (κ1) is 15.6. The van der Waals surface area contributed by atoms with E-state index in [9.17, 15) is 0 Å². The van der Waals surface area contributed by atoms with Crippen LogP contribution in [0.1, 0.15) is 31.2 Å². The minimum atomic E-state index is 0.683. The molecule has 3 aliphatic rings. The van der Waals surface area contributed by atoms with E-state index in [1.54, 1.807) is 0 Å². The number of aryl methyl sites for hydroxylation is 1. The van der Waals surface area contributed by atoms with Gasteiger partial charge in [0.25, 0.3) is 0 Å². The molecule has 5 rings (SSSR count). The molecule has 0 aliphatic carbocycles. The molecule has 0 atom stereocenters. The zero-order valence-corrected chi connectivity index (χ0v) is 14.6. The molecule has 0 unspecified atom stereocenters. The van der Waals surface area contributed by atoms with Gasteiger partial charge in [0.15, 0.2) is 0 Å². The van der Waals surface area contributed by atoms with Gasteiger partial charge in [0.1, 0.15) is 0 Å². The first-order valence-corrected chi connectivity index (χ1v) is 9.31. The lowest BCUT2D eigenvalue weighted by Gasteiger charge is -2.41. The summed E-state index contributed by atoms with van der Waals surface area (Å²) >= 11 is 0. The van der Waals surface area contributed by atoms with E-state index in [1.807, 2.05) is 6.20 Å². The maximum atomic E-state index is 4.56. The summed E-state index contributed by atoms with van der Waals surface area (Å²) in [6.07, 6.45) is 9.32. The molecular formula is C21H27N3. The molecule has 3 nitrogen and oxygen atoms in total. The first-order chi connectivity index (χ1) is 11.8. The van der Waals surface area contributed by atoms with Crippen LogP contribution in [0, 0.1) is 6.92 Å². The fourth-order valence-corrected chi connectivity index (χ4v) is 4.15. The SMILES string of the molecule is Cc1ccc(-c2cncc(N3CCN4CCCC3CCC4)c2)cc1. The van der Waals surface area contributed by atoms with E-state index in [0.717, 1.165) is 6.54 Å². The largest absolute Gasteiger partial charge is 0.366 e. The minimum absolute atomic E-state index is 0.683. The number of hydrogen-bond donors (Lipinski definition) is 0. The molecule has 3 saturated heterocycles. The molecule has 0 N–H and O–H groups in total. The summed E-state index contributed by atoms with van der Waals surface area (Å²) in [5.41, 5.74) is 5.07. The summed E-state index contributed by atoms with van der Waals surface area (Å²) in [7, 11) is 0. The summed E-state index contributed by atoms with van der Waals surface area (Å²) in [6, 6.07) is 11.8. The van der Waals surface area contributed by atoms with E-state index < -0.39 is 0 Å². The predicted molar refractivity (Wildman–Crippen MR) is 100 cm³/mol. The van der Waals surface area contributed by atoms with Crippen LogP contribution in [-0.2, 0) is 0 Å². The molecular weight excluding hydrogens is 294 g/mol. The first-order valence-electron chi connectivity index (χ1n) is 9.31. The van der Waals surface area contributed by atoms with Crippen molar-refractivity contribution in [3.8, 4) is 11.1 Å². The van der Waals surface area contributed by atoms with Gasteiger partial charge in [0, 0.05) is 30.9 Å². The van der Waals surface area contributed by atoms with E-state index in [0.29, 0.717) is 6.04 Å². The Bertz CT molecular complexity index is 670. The van der Waals surface area contributed by atoms with Crippen LogP contribution in [0.25, 0.3) is 11.1 Å². The molecule has 0 radical (unpaired) electrons. The average Bonchev–Trinajstić information content (AvgIpc) is 2.54. The van der Waals surface area contributed by atoms with Crippen LogP contribution in [0.5, 0.6) is 0 Å². The Balaban J connectivity index is 1.63. The van der Waals surface area contributed by atoms with Crippen molar-refractivity contribution in [2.75, 3.05) is 31.1 Å². The average molecular weight is 321 g/mol. The van der Waals surface area contributed by atoms with Gasteiger partial charge in [0.05, 0.1) is 11.9 Å². The van der Waals surface area contributed by atoms with Crippen molar-refractivity contribution in [3.05, 3.63) is 48.3 Å². The summed E-state index contributed by atoms with van der Waals surface area (Å²) < 4.78 is 0. The molecule has 126 valence electrons. The third-order valence-electron chi connectivity index (χ3n) is 5.56. The second-order valence-corrected chi connectivity index (χ2v) is 7.27. The number of pyridine rings is 1. The maximum absolute atomic E-state index is 4.56. The second-order valence-electron chi connectivity index (χ2n) is 7.27. The smallest absolute Gasteiger partial charge is 0.0561 e. The molecule has 0 saturated carbocycles. The molecule has 3 heteroatoms. The number of hydrogen-bond acceptors (Lipinski definition) is 3. The number of nitrogens with zero attached hydrogens (tertiary/aromatic N) is 3. The van der Waals surface area contributed by atoms with Crippen molar-refractivity contribution in [1.29, 1.82) is 0 Å². The van der Waals surface area contributed by atoms with Crippen LogP contribution < -0.4 is 4.90 Å². The number of aromatic nitrogens is 1. The number of benzene rings is 1. The Morgan fingerprint density at radius 3 is 2.38 bits per heavy atom. The highest BCUT2D eigenvalue weighted by atomic mass is 15.2. The van der Waals surface area contributed by atoms with Gasteiger partial charge in [-0.15, -0.1) is 0 Å². The van der Waals surface area contributed by atoms with Crippen molar-refractivity contribution in [1.82, 2.24) is 9.88 Å². The van der Waals surface area contributed by atoms with Crippen LogP contribution >= 0.6 is 0 Å². The Labute approximate surface area is 145 Å². The summed E-state index contributed by atoms with van der Waals surface area (Å²) in [5.74, 6) is 0. The molecule has 1 aromatic heterocycles. The summed E-state index contributed by atoms with van der Waals surface area (Å²) in [5, 5.41) is 0. The van der Waals surface area contributed by atoms with Gasteiger partial charge in [-0.3, -0.25) is 4.98 Å². The molecule has 2 bridgehead atoms. The third-order valence-corrected chi connectivity index (χ3v) is 5.56. The van der Waals surface area contributed by atoms with Crippen LogP contribution in [-0.4, -0.2) is 42.1 Å². The third kappa shape index (κ3) is 3.32. The van der Waals surface area contributed by atoms with Gasteiger partial charge in [-0.2, -0.15) is 0 Å². The zero-order valence-electron chi connectivity index (χ0n) is 14.6. The molecule has 3 fully saturated rings. The van der Waals surface area contributed by atoms with Crippen molar-refractivity contribution < 1.29 is 0 Å². The van der Waals surface area contributed by atoms with Gasteiger partial charge in [-0.25, -0.2) is 0 Å². The topological polar surface area (TPSA) is 19.4 Å². The van der Waals surface area contributed by atoms with Crippen molar-refractivity contribution >= 4 is 5.69 Å². The van der Waals surface area contributed by atoms with Crippen LogP contribution in [0.3, 0.4) is 0 Å². The lowest BCUT2D eigenvalue weighted by Crippen LogP contribution is -2.47. The Morgan fingerprint density at radius 2 is 1.62 bits per heavy atom. The van der Waals surface area contributed by atoms with Gasteiger partial charge in [-0.1, -0.05) is 29.8 Å². The lowest BCUT2D eigenvalue weighted by molar-refractivity contribution is 0.217.